The summed E-state index contributed by atoms with van der Waals surface area (Å²) in [7, 11) is 0. The van der Waals surface area contributed by atoms with Gasteiger partial charge >= 0.3 is 0 Å². The van der Waals surface area contributed by atoms with Crippen molar-refractivity contribution in [1.29, 1.82) is 0 Å². The van der Waals surface area contributed by atoms with Crippen molar-refractivity contribution in [3.63, 3.8) is 0 Å². The van der Waals surface area contributed by atoms with Gasteiger partial charge in [0.2, 0.25) is 0 Å². The molecule has 0 bridgehead atoms. The van der Waals surface area contributed by atoms with Crippen molar-refractivity contribution in [3.8, 4) is 0 Å². The van der Waals surface area contributed by atoms with Gasteiger partial charge in [0.15, 0.2) is 0 Å². The molecule has 1 N–H and O–H groups in total. The maximum atomic E-state index is 9.18. The summed E-state index contributed by atoms with van der Waals surface area (Å²) in [5.41, 5.74) is 0. The van der Waals surface area contributed by atoms with Crippen LogP contribution in [0.3, 0.4) is 0 Å². The summed E-state index contributed by atoms with van der Waals surface area (Å²) >= 11 is 0. The summed E-state index contributed by atoms with van der Waals surface area (Å²) < 4.78 is 0. The molecule has 1 atom stereocenters. The van der Waals surface area contributed by atoms with Crippen LogP contribution in [0.15, 0.2) is 0 Å². The van der Waals surface area contributed by atoms with Crippen LogP contribution in [0.5, 0.6) is 0 Å². The van der Waals surface area contributed by atoms with Crippen LogP contribution >= 0.6 is 0 Å². The molecular weight excluding hydrogens is 174 g/mol. The average Bonchev–Trinajstić information content (AvgIpc) is 2.93. The van der Waals surface area contributed by atoms with E-state index in [9.17, 15) is 5.11 Å². The first kappa shape index (κ1) is 12.0. The first-order valence-electron chi connectivity index (χ1n) is 6.16. The molecule has 0 radical (unpaired) electrons. The zero-order valence-corrected chi connectivity index (χ0v) is 9.71. The second-order valence-electron chi connectivity index (χ2n) is 4.61. The van der Waals surface area contributed by atoms with Crippen LogP contribution in [0.4, 0.5) is 0 Å². The van der Waals surface area contributed by atoms with Crippen molar-refractivity contribution < 1.29 is 5.11 Å². The lowest BCUT2D eigenvalue weighted by Crippen LogP contribution is -2.28. The molecule has 14 heavy (non-hydrogen) atoms. The molecule has 0 saturated heterocycles. The molecule has 1 aliphatic rings. The van der Waals surface area contributed by atoms with Gasteiger partial charge in [-0.1, -0.05) is 13.3 Å². The molecule has 1 aliphatic carbocycles. The molecule has 0 amide bonds. The highest BCUT2D eigenvalue weighted by Crippen LogP contribution is 2.27. The number of hydrogen-bond donors (Lipinski definition) is 1. The topological polar surface area (TPSA) is 23.5 Å². The summed E-state index contributed by atoms with van der Waals surface area (Å²) in [4.78, 5) is 2.62. The second-order valence-corrected chi connectivity index (χ2v) is 4.61. The summed E-state index contributed by atoms with van der Waals surface area (Å²) in [6, 6.07) is 0.885. The van der Waals surface area contributed by atoms with Crippen molar-refractivity contribution in [2.75, 3.05) is 13.1 Å². The van der Waals surface area contributed by atoms with E-state index in [0.717, 1.165) is 18.9 Å². The van der Waals surface area contributed by atoms with Gasteiger partial charge in [-0.2, -0.15) is 0 Å². The average molecular weight is 199 g/mol. The highest BCUT2D eigenvalue weighted by molar-refractivity contribution is 4.84. The number of aliphatic hydroxyl groups is 1. The Balaban J connectivity index is 2.08. The van der Waals surface area contributed by atoms with Crippen molar-refractivity contribution in [2.45, 2.75) is 64.5 Å². The number of aliphatic hydroxyl groups excluding tert-OH is 1. The van der Waals surface area contributed by atoms with Crippen molar-refractivity contribution in [1.82, 2.24) is 4.90 Å². The van der Waals surface area contributed by atoms with Crippen LogP contribution in [0.1, 0.15) is 52.4 Å². The van der Waals surface area contributed by atoms with Gasteiger partial charge in [-0.25, -0.2) is 0 Å². The minimum Gasteiger partial charge on any atom is -0.393 e. The minimum atomic E-state index is -0.123. The summed E-state index contributed by atoms with van der Waals surface area (Å²) in [5, 5.41) is 9.18. The lowest BCUT2D eigenvalue weighted by Gasteiger charge is -2.21. The molecule has 0 aromatic carbocycles. The van der Waals surface area contributed by atoms with E-state index < -0.39 is 0 Å². The van der Waals surface area contributed by atoms with Crippen molar-refractivity contribution in [3.05, 3.63) is 0 Å². The van der Waals surface area contributed by atoms with Crippen molar-refractivity contribution >= 4 is 0 Å². The van der Waals surface area contributed by atoms with Crippen LogP contribution in [0.2, 0.25) is 0 Å². The van der Waals surface area contributed by atoms with Crippen LogP contribution in [-0.4, -0.2) is 35.2 Å². The molecule has 1 rings (SSSR count). The SMILES string of the molecule is CCCCN(CCCC(C)O)C1CC1. The highest BCUT2D eigenvalue weighted by Gasteiger charge is 2.27. The molecule has 0 spiro atoms. The molecule has 2 heteroatoms. The first-order chi connectivity index (χ1) is 6.74. The third-order valence-electron chi connectivity index (χ3n) is 2.93. The van der Waals surface area contributed by atoms with E-state index in [1.165, 1.54) is 38.8 Å². The Morgan fingerprint density at radius 3 is 2.43 bits per heavy atom. The normalized spacial score (nSPS) is 18.9. The van der Waals surface area contributed by atoms with Gasteiger partial charge in [0.05, 0.1) is 6.10 Å². The van der Waals surface area contributed by atoms with E-state index in [2.05, 4.69) is 11.8 Å². The number of unbranched alkanes of at least 4 members (excludes halogenated alkanes) is 1. The second kappa shape index (κ2) is 6.41. The fraction of sp³-hybridized carbons (Fsp3) is 1.00. The van der Waals surface area contributed by atoms with Gasteiger partial charge in [0.25, 0.3) is 0 Å². The first-order valence-corrected chi connectivity index (χ1v) is 6.16. The van der Waals surface area contributed by atoms with Gasteiger partial charge in [-0.15, -0.1) is 0 Å². The Labute approximate surface area is 88.3 Å². The molecule has 1 unspecified atom stereocenters. The molecule has 1 fully saturated rings. The predicted molar refractivity (Wildman–Crippen MR) is 60.4 cm³/mol. The van der Waals surface area contributed by atoms with Crippen LogP contribution < -0.4 is 0 Å². The molecule has 84 valence electrons. The molecule has 0 heterocycles. The Morgan fingerprint density at radius 1 is 1.29 bits per heavy atom. The molecule has 0 aliphatic heterocycles. The van der Waals surface area contributed by atoms with E-state index in [4.69, 9.17) is 0 Å². The third kappa shape index (κ3) is 4.97. The fourth-order valence-corrected chi connectivity index (χ4v) is 1.87. The Hall–Kier alpha value is -0.0800. The number of nitrogens with zero attached hydrogens (tertiary/aromatic N) is 1. The van der Waals surface area contributed by atoms with E-state index in [1.807, 2.05) is 6.92 Å². The molecule has 2 nitrogen and oxygen atoms in total. The monoisotopic (exact) mass is 199 g/mol. The highest BCUT2D eigenvalue weighted by atomic mass is 16.3. The van der Waals surface area contributed by atoms with E-state index >= 15 is 0 Å². The van der Waals surface area contributed by atoms with Gasteiger partial charge in [-0.05, 0) is 52.1 Å². The van der Waals surface area contributed by atoms with Crippen molar-refractivity contribution in [2.24, 2.45) is 0 Å². The Bertz CT molecular complexity index is 143. The summed E-state index contributed by atoms with van der Waals surface area (Å²) in [6.07, 6.45) is 7.40. The lowest BCUT2D eigenvalue weighted by atomic mass is 10.2. The maximum absolute atomic E-state index is 9.18. The zero-order chi connectivity index (χ0) is 10.4. The van der Waals surface area contributed by atoms with Crippen LogP contribution in [-0.2, 0) is 0 Å². The minimum absolute atomic E-state index is 0.123. The van der Waals surface area contributed by atoms with Gasteiger partial charge in [0.1, 0.15) is 0 Å². The lowest BCUT2D eigenvalue weighted by molar-refractivity contribution is 0.168. The molecule has 1 saturated carbocycles. The Morgan fingerprint density at radius 2 is 1.93 bits per heavy atom. The number of hydrogen-bond acceptors (Lipinski definition) is 2. The smallest absolute Gasteiger partial charge is 0.0512 e. The third-order valence-corrected chi connectivity index (χ3v) is 2.93. The maximum Gasteiger partial charge on any atom is 0.0512 e. The Kier molecular flexibility index (Phi) is 5.49. The van der Waals surface area contributed by atoms with Crippen LogP contribution in [0, 0.1) is 0 Å². The van der Waals surface area contributed by atoms with E-state index in [1.54, 1.807) is 0 Å². The van der Waals surface area contributed by atoms with Gasteiger partial charge in [0, 0.05) is 6.04 Å². The molecule has 0 aromatic heterocycles. The molecular formula is C12H25NO. The van der Waals surface area contributed by atoms with E-state index in [0.29, 0.717) is 0 Å². The van der Waals surface area contributed by atoms with Crippen LogP contribution in [0.25, 0.3) is 0 Å². The summed E-state index contributed by atoms with van der Waals surface area (Å²) in [5.74, 6) is 0. The largest absolute Gasteiger partial charge is 0.393 e. The van der Waals surface area contributed by atoms with Gasteiger partial charge in [-0.3, -0.25) is 0 Å². The molecule has 0 aromatic rings. The summed E-state index contributed by atoms with van der Waals surface area (Å²) in [6.45, 7) is 6.59. The quantitative estimate of drug-likeness (QED) is 0.649. The zero-order valence-electron chi connectivity index (χ0n) is 9.71. The standard InChI is InChI=1S/C12H25NO/c1-3-4-9-13(12-7-8-12)10-5-6-11(2)14/h11-12,14H,3-10H2,1-2H3. The van der Waals surface area contributed by atoms with Gasteiger partial charge < -0.3 is 10.0 Å². The predicted octanol–water partition coefficient (Wildman–Crippen LogP) is 2.41. The number of rotatable bonds is 8. The van der Waals surface area contributed by atoms with E-state index in [-0.39, 0.29) is 6.10 Å². The fourth-order valence-electron chi connectivity index (χ4n) is 1.87.